The lowest BCUT2D eigenvalue weighted by atomic mass is 9.96. The Labute approximate surface area is 148 Å². The molecule has 1 amide bonds. The van der Waals surface area contributed by atoms with Crippen molar-refractivity contribution in [3.63, 3.8) is 0 Å². The summed E-state index contributed by atoms with van der Waals surface area (Å²) in [6, 6.07) is 12.0. The van der Waals surface area contributed by atoms with Crippen molar-refractivity contribution in [3.8, 4) is 5.75 Å². The Kier molecular flexibility index (Phi) is 4.55. The Morgan fingerprint density at radius 3 is 2.96 bits per heavy atom. The van der Waals surface area contributed by atoms with Crippen LogP contribution in [0, 0.1) is 5.92 Å². The summed E-state index contributed by atoms with van der Waals surface area (Å²) in [4.78, 5) is 19.3. The van der Waals surface area contributed by atoms with Gasteiger partial charge in [0.25, 0.3) is 0 Å². The van der Waals surface area contributed by atoms with Crippen LogP contribution >= 0.6 is 0 Å². The summed E-state index contributed by atoms with van der Waals surface area (Å²) in [5.41, 5.74) is 2.19. The van der Waals surface area contributed by atoms with Crippen molar-refractivity contribution >= 4 is 11.7 Å². The molecule has 5 heteroatoms. The molecule has 1 unspecified atom stereocenters. The first kappa shape index (κ1) is 15.9. The molecule has 2 aliphatic heterocycles. The molecule has 0 spiro atoms. The topological polar surface area (TPSA) is 54.5 Å². The highest BCUT2D eigenvalue weighted by Gasteiger charge is 2.25. The molecule has 0 radical (unpaired) electrons. The van der Waals surface area contributed by atoms with E-state index in [1.54, 1.807) is 0 Å². The molecule has 0 saturated carbocycles. The zero-order valence-electron chi connectivity index (χ0n) is 14.3. The van der Waals surface area contributed by atoms with E-state index in [1.165, 1.54) is 12.8 Å². The second kappa shape index (κ2) is 7.13. The van der Waals surface area contributed by atoms with Gasteiger partial charge in [-0.3, -0.25) is 4.79 Å². The minimum atomic E-state index is -0.130. The standard InChI is InChI=1S/C20H23N3O2/c24-20(17-12-16-5-1-2-6-18(16)25-14-17)22-13-15-7-8-21-19(11-15)23-9-3-4-10-23/h1-2,5-8,11,17H,3-4,9-10,12-14H2,(H,22,24). The normalized spacial score (nSPS) is 19.2. The molecule has 5 nitrogen and oxygen atoms in total. The molecule has 1 fully saturated rings. The highest BCUT2D eigenvalue weighted by atomic mass is 16.5. The number of carbonyl (C=O) groups is 1. The Morgan fingerprint density at radius 1 is 1.24 bits per heavy atom. The van der Waals surface area contributed by atoms with Gasteiger partial charge in [-0.25, -0.2) is 4.98 Å². The van der Waals surface area contributed by atoms with E-state index in [0.717, 1.165) is 42.2 Å². The van der Waals surface area contributed by atoms with E-state index in [1.807, 2.05) is 36.5 Å². The Balaban J connectivity index is 1.35. The number of hydrogen-bond acceptors (Lipinski definition) is 4. The molecule has 3 heterocycles. The third kappa shape index (κ3) is 3.60. The maximum atomic E-state index is 12.5. The summed E-state index contributed by atoms with van der Waals surface area (Å²) >= 11 is 0. The van der Waals surface area contributed by atoms with E-state index < -0.39 is 0 Å². The van der Waals surface area contributed by atoms with Crippen LogP contribution in [0.3, 0.4) is 0 Å². The molecule has 0 bridgehead atoms. The highest BCUT2D eigenvalue weighted by Crippen LogP contribution is 2.27. The fraction of sp³-hybridized carbons (Fsp3) is 0.400. The van der Waals surface area contributed by atoms with Crippen molar-refractivity contribution in [3.05, 3.63) is 53.7 Å². The van der Waals surface area contributed by atoms with Crippen LogP contribution in [0.1, 0.15) is 24.0 Å². The maximum absolute atomic E-state index is 12.5. The van der Waals surface area contributed by atoms with Gasteiger partial charge in [-0.1, -0.05) is 18.2 Å². The fourth-order valence-electron chi connectivity index (χ4n) is 3.52. The SMILES string of the molecule is O=C(NCc1ccnc(N2CCCC2)c1)C1COc2ccccc2C1. The van der Waals surface area contributed by atoms with Gasteiger partial charge in [0.2, 0.25) is 5.91 Å². The zero-order chi connectivity index (χ0) is 17.1. The van der Waals surface area contributed by atoms with Gasteiger partial charge in [-0.05, 0) is 48.6 Å². The monoisotopic (exact) mass is 337 g/mol. The second-order valence-electron chi connectivity index (χ2n) is 6.75. The largest absolute Gasteiger partial charge is 0.492 e. The summed E-state index contributed by atoms with van der Waals surface area (Å²) in [6.45, 7) is 3.11. The van der Waals surface area contributed by atoms with Crippen LogP contribution in [-0.4, -0.2) is 30.6 Å². The van der Waals surface area contributed by atoms with E-state index in [9.17, 15) is 4.79 Å². The summed E-state index contributed by atoms with van der Waals surface area (Å²) in [6.07, 6.45) is 5.02. The maximum Gasteiger partial charge on any atom is 0.227 e. The Hall–Kier alpha value is -2.56. The van der Waals surface area contributed by atoms with E-state index in [2.05, 4.69) is 21.3 Å². The minimum absolute atomic E-state index is 0.0500. The molecule has 2 aromatic rings. The molecular formula is C20H23N3O2. The third-order valence-electron chi connectivity index (χ3n) is 4.96. The predicted octanol–water partition coefficient (Wildman–Crippen LogP) is 2.55. The lowest BCUT2D eigenvalue weighted by Gasteiger charge is -2.24. The van der Waals surface area contributed by atoms with Gasteiger partial charge in [0.1, 0.15) is 18.2 Å². The van der Waals surface area contributed by atoms with Gasteiger partial charge in [-0.15, -0.1) is 0 Å². The molecule has 1 atom stereocenters. The average molecular weight is 337 g/mol. The number of benzene rings is 1. The molecule has 4 rings (SSSR count). The van der Waals surface area contributed by atoms with Crippen LogP contribution in [-0.2, 0) is 17.8 Å². The van der Waals surface area contributed by atoms with E-state index in [0.29, 0.717) is 13.2 Å². The van der Waals surface area contributed by atoms with Crippen LogP contribution in [0.15, 0.2) is 42.6 Å². The van der Waals surface area contributed by atoms with Gasteiger partial charge >= 0.3 is 0 Å². The molecule has 130 valence electrons. The fourth-order valence-corrected chi connectivity index (χ4v) is 3.52. The van der Waals surface area contributed by atoms with Crippen molar-refractivity contribution < 1.29 is 9.53 Å². The first-order chi connectivity index (χ1) is 12.3. The zero-order valence-corrected chi connectivity index (χ0v) is 14.3. The number of para-hydroxylation sites is 1. The number of anilines is 1. The number of fused-ring (bicyclic) bond motifs is 1. The molecule has 2 aliphatic rings. The minimum Gasteiger partial charge on any atom is -0.492 e. The number of rotatable bonds is 4. The van der Waals surface area contributed by atoms with Crippen molar-refractivity contribution in [2.75, 3.05) is 24.6 Å². The summed E-state index contributed by atoms with van der Waals surface area (Å²) in [5, 5.41) is 3.05. The Morgan fingerprint density at radius 2 is 2.08 bits per heavy atom. The molecule has 0 aliphatic carbocycles. The van der Waals surface area contributed by atoms with Gasteiger partial charge in [0, 0.05) is 25.8 Å². The van der Waals surface area contributed by atoms with Gasteiger partial charge in [0.15, 0.2) is 0 Å². The van der Waals surface area contributed by atoms with Crippen LogP contribution in [0.25, 0.3) is 0 Å². The first-order valence-electron chi connectivity index (χ1n) is 8.98. The number of aromatic nitrogens is 1. The molecular weight excluding hydrogens is 314 g/mol. The summed E-state index contributed by atoms with van der Waals surface area (Å²) in [7, 11) is 0. The van der Waals surface area contributed by atoms with Gasteiger partial charge < -0.3 is 15.0 Å². The Bertz CT molecular complexity index is 756. The van der Waals surface area contributed by atoms with Crippen LogP contribution in [0.2, 0.25) is 0 Å². The van der Waals surface area contributed by atoms with E-state index >= 15 is 0 Å². The number of pyridine rings is 1. The molecule has 1 aromatic carbocycles. The lowest BCUT2D eigenvalue weighted by Crippen LogP contribution is -2.37. The van der Waals surface area contributed by atoms with Gasteiger partial charge in [-0.2, -0.15) is 0 Å². The van der Waals surface area contributed by atoms with Crippen molar-refractivity contribution in [1.29, 1.82) is 0 Å². The van der Waals surface area contributed by atoms with Crippen LogP contribution < -0.4 is 15.0 Å². The quantitative estimate of drug-likeness (QED) is 0.932. The number of nitrogens with zero attached hydrogens (tertiary/aromatic N) is 2. The van der Waals surface area contributed by atoms with Crippen LogP contribution in [0.4, 0.5) is 5.82 Å². The van der Waals surface area contributed by atoms with E-state index in [-0.39, 0.29) is 11.8 Å². The summed E-state index contributed by atoms with van der Waals surface area (Å²) < 4.78 is 5.72. The lowest BCUT2D eigenvalue weighted by molar-refractivity contribution is -0.126. The highest BCUT2D eigenvalue weighted by molar-refractivity contribution is 5.79. The predicted molar refractivity (Wildman–Crippen MR) is 96.7 cm³/mol. The van der Waals surface area contributed by atoms with Crippen molar-refractivity contribution in [1.82, 2.24) is 10.3 Å². The summed E-state index contributed by atoms with van der Waals surface area (Å²) in [5.74, 6) is 1.83. The first-order valence-corrected chi connectivity index (χ1v) is 8.98. The number of hydrogen-bond donors (Lipinski definition) is 1. The average Bonchev–Trinajstić information content (AvgIpc) is 3.21. The number of amides is 1. The number of nitrogens with one attached hydrogen (secondary N) is 1. The molecule has 25 heavy (non-hydrogen) atoms. The number of ether oxygens (including phenoxy) is 1. The third-order valence-corrected chi connectivity index (χ3v) is 4.96. The molecule has 1 N–H and O–H groups in total. The van der Waals surface area contributed by atoms with Crippen molar-refractivity contribution in [2.45, 2.75) is 25.8 Å². The van der Waals surface area contributed by atoms with Gasteiger partial charge in [0.05, 0.1) is 5.92 Å². The van der Waals surface area contributed by atoms with Crippen LogP contribution in [0.5, 0.6) is 5.75 Å². The second-order valence-corrected chi connectivity index (χ2v) is 6.75. The smallest absolute Gasteiger partial charge is 0.227 e. The molecule has 1 saturated heterocycles. The van der Waals surface area contributed by atoms with Crippen molar-refractivity contribution in [2.24, 2.45) is 5.92 Å². The number of carbonyl (C=O) groups excluding carboxylic acids is 1. The van der Waals surface area contributed by atoms with E-state index in [4.69, 9.17) is 4.74 Å². The molecule has 1 aromatic heterocycles.